The SMILES string of the molecule is C=CCCCCCCCCOc1ccc(C(=O)OOC(=O)c2ccccc2F)cc1. The Labute approximate surface area is 176 Å². The van der Waals surface area contributed by atoms with E-state index in [1.54, 1.807) is 12.1 Å². The lowest BCUT2D eigenvalue weighted by molar-refractivity contribution is -0.187. The predicted octanol–water partition coefficient (Wildman–Crippen LogP) is 6.05. The molecule has 0 saturated carbocycles. The van der Waals surface area contributed by atoms with Gasteiger partial charge in [0.25, 0.3) is 0 Å². The normalized spacial score (nSPS) is 10.3. The first-order chi connectivity index (χ1) is 14.6. The summed E-state index contributed by atoms with van der Waals surface area (Å²) in [5.41, 5.74) is -0.131. The van der Waals surface area contributed by atoms with Gasteiger partial charge in [-0.2, -0.15) is 0 Å². The Morgan fingerprint density at radius 2 is 1.47 bits per heavy atom. The van der Waals surface area contributed by atoms with Crippen LogP contribution in [0.4, 0.5) is 4.39 Å². The average Bonchev–Trinajstić information content (AvgIpc) is 2.77. The number of carbonyl (C=O) groups excluding carboxylic acids is 2. The average molecular weight is 414 g/mol. The molecule has 0 aliphatic rings. The fourth-order valence-electron chi connectivity index (χ4n) is 2.77. The molecule has 0 aliphatic heterocycles. The number of rotatable bonds is 12. The monoisotopic (exact) mass is 414 g/mol. The van der Waals surface area contributed by atoms with Crippen LogP contribution in [0.2, 0.25) is 0 Å². The number of ether oxygens (including phenoxy) is 1. The third kappa shape index (κ3) is 8.07. The van der Waals surface area contributed by atoms with Crippen molar-refractivity contribution in [3.05, 3.63) is 78.1 Å². The molecule has 2 aromatic rings. The van der Waals surface area contributed by atoms with Crippen molar-refractivity contribution in [3.8, 4) is 5.75 Å². The second-order valence-corrected chi connectivity index (χ2v) is 6.79. The van der Waals surface area contributed by atoms with Crippen LogP contribution in [0.5, 0.6) is 5.75 Å². The largest absolute Gasteiger partial charge is 0.494 e. The first kappa shape index (κ1) is 23.1. The molecule has 0 N–H and O–H groups in total. The maximum absolute atomic E-state index is 13.5. The number of carbonyl (C=O) groups is 2. The van der Waals surface area contributed by atoms with Crippen LogP contribution in [0, 0.1) is 5.82 Å². The second kappa shape index (κ2) is 13.1. The van der Waals surface area contributed by atoms with E-state index in [1.807, 2.05) is 6.08 Å². The van der Waals surface area contributed by atoms with Gasteiger partial charge in [-0.25, -0.2) is 23.8 Å². The van der Waals surface area contributed by atoms with Crippen molar-refractivity contribution in [2.24, 2.45) is 0 Å². The molecule has 160 valence electrons. The number of allylic oxidation sites excluding steroid dienone is 1. The summed E-state index contributed by atoms with van der Waals surface area (Å²) < 4.78 is 19.2. The van der Waals surface area contributed by atoms with Crippen LogP contribution < -0.4 is 4.74 Å². The van der Waals surface area contributed by atoms with E-state index in [9.17, 15) is 14.0 Å². The molecule has 0 aromatic heterocycles. The fraction of sp³-hybridized carbons (Fsp3) is 0.333. The number of unbranched alkanes of at least 4 members (excludes halogenated alkanes) is 6. The van der Waals surface area contributed by atoms with Gasteiger partial charge in [0.1, 0.15) is 11.6 Å². The molecule has 0 bridgehead atoms. The zero-order valence-corrected chi connectivity index (χ0v) is 17.0. The van der Waals surface area contributed by atoms with Gasteiger partial charge in [0, 0.05) is 0 Å². The van der Waals surface area contributed by atoms with Crippen molar-refractivity contribution < 1.29 is 28.5 Å². The minimum absolute atomic E-state index is 0.184. The van der Waals surface area contributed by atoms with E-state index in [-0.39, 0.29) is 11.1 Å². The van der Waals surface area contributed by atoms with Gasteiger partial charge in [-0.15, -0.1) is 6.58 Å². The molecular weight excluding hydrogens is 387 g/mol. The van der Waals surface area contributed by atoms with Gasteiger partial charge < -0.3 is 4.74 Å². The molecule has 2 aromatic carbocycles. The maximum Gasteiger partial charge on any atom is 0.389 e. The van der Waals surface area contributed by atoms with Crippen molar-refractivity contribution in [2.45, 2.75) is 44.9 Å². The van der Waals surface area contributed by atoms with Crippen LogP contribution in [0.25, 0.3) is 0 Å². The number of halogens is 1. The Hall–Kier alpha value is -3.15. The predicted molar refractivity (Wildman–Crippen MR) is 112 cm³/mol. The van der Waals surface area contributed by atoms with Crippen molar-refractivity contribution in [1.29, 1.82) is 0 Å². The van der Waals surface area contributed by atoms with Gasteiger partial charge in [0.2, 0.25) is 0 Å². The molecule has 2 rings (SSSR count). The maximum atomic E-state index is 13.5. The number of hydrogen-bond donors (Lipinski definition) is 0. The zero-order valence-electron chi connectivity index (χ0n) is 17.0. The van der Waals surface area contributed by atoms with Gasteiger partial charge in [-0.3, -0.25) is 0 Å². The van der Waals surface area contributed by atoms with Crippen LogP contribution in [0.3, 0.4) is 0 Å². The first-order valence-corrected chi connectivity index (χ1v) is 10.1. The summed E-state index contributed by atoms with van der Waals surface area (Å²) in [5, 5.41) is 0. The summed E-state index contributed by atoms with van der Waals surface area (Å²) in [4.78, 5) is 32.6. The van der Waals surface area contributed by atoms with E-state index in [1.165, 1.54) is 56.0 Å². The van der Waals surface area contributed by atoms with E-state index in [2.05, 4.69) is 16.4 Å². The Morgan fingerprint density at radius 3 is 2.17 bits per heavy atom. The van der Waals surface area contributed by atoms with Crippen molar-refractivity contribution in [1.82, 2.24) is 0 Å². The third-order valence-electron chi connectivity index (χ3n) is 4.45. The molecule has 0 heterocycles. The lowest BCUT2D eigenvalue weighted by Crippen LogP contribution is -2.13. The fourth-order valence-corrected chi connectivity index (χ4v) is 2.77. The third-order valence-corrected chi connectivity index (χ3v) is 4.45. The lowest BCUT2D eigenvalue weighted by Gasteiger charge is -2.07. The van der Waals surface area contributed by atoms with Crippen LogP contribution in [-0.4, -0.2) is 18.5 Å². The van der Waals surface area contributed by atoms with Gasteiger partial charge >= 0.3 is 11.9 Å². The summed E-state index contributed by atoms with van der Waals surface area (Å²) in [6, 6.07) is 11.6. The van der Waals surface area contributed by atoms with Gasteiger partial charge in [0.15, 0.2) is 0 Å². The molecule has 0 fully saturated rings. The quantitative estimate of drug-likeness (QED) is 0.183. The van der Waals surface area contributed by atoms with Crippen LogP contribution in [0.15, 0.2) is 61.2 Å². The Bertz CT molecular complexity index is 817. The lowest BCUT2D eigenvalue weighted by atomic mass is 10.1. The highest BCUT2D eigenvalue weighted by Crippen LogP contribution is 2.15. The minimum atomic E-state index is -1.08. The molecule has 0 amide bonds. The van der Waals surface area contributed by atoms with Gasteiger partial charge in [-0.1, -0.05) is 43.9 Å². The highest BCUT2D eigenvalue weighted by Gasteiger charge is 2.17. The summed E-state index contributed by atoms with van der Waals surface area (Å²) >= 11 is 0. The molecule has 0 spiro atoms. The molecule has 5 nitrogen and oxygen atoms in total. The smallest absolute Gasteiger partial charge is 0.389 e. The Morgan fingerprint density at radius 1 is 0.833 bits per heavy atom. The molecule has 0 atom stereocenters. The molecule has 30 heavy (non-hydrogen) atoms. The summed E-state index contributed by atoms with van der Waals surface area (Å²) in [6.45, 7) is 4.33. The number of hydrogen-bond acceptors (Lipinski definition) is 5. The summed E-state index contributed by atoms with van der Waals surface area (Å²) in [7, 11) is 0. The summed E-state index contributed by atoms with van der Waals surface area (Å²) in [5.74, 6) is -2.06. The van der Waals surface area contributed by atoms with Gasteiger partial charge in [0.05, 0.1) is 17.7 Å². The highest BCUT2D eigenvalue weighted by atomic mass is 19.1. The van der Waals surface area contributed by atoms with Crippen LogP contribution in [0.1, 0.15) is 65.7 Å². The number of benzene rings is 2. The van der Waals surface area contributed by atoms with E-state index < -0.39 is 17.8 Å². The van der Waals surface area contributed by atoms with E-state index >= 15 is 0 Å². The Balaban J connectivity index is 1.66. The molecule has 0 saturated heterocycles. The Kier molecular flexibility index (Phi) is 10.1. The summed E-state index contributed by atoms with van der Waals surface area (Å²) in [6.07, 6.45) is 9.99. The first-order valence-electron chi connectivity index (χ1n) is 10.1. The van der Waals surface area contributed by atoms with Crippen LogP contribution >= 0.6 is 0 Å². The minimum Gasteiger partial charge on any atom is -0.494 e. The van der Waals surface area contributed by atoms with Crippen molar-refractivity contribution in [2.75, 3.05) is 6.61 Å². The van der Waals surface area contributed by atoms with Crippen LogP contribution in [-0.2, 0) is 9.78 Å². The standard InChI is InChI=1S/C24H27FO5/c1-2-3-4-5-6-7-8-11-18-28-20-16-14-19(15-17-20)23(26)29-30-24(27)21-12-9-10-13-22(21)25/h2,9-10,12-17H,1,3-8,11,18H2. The van der Waals surface area contributed by atoms with Crippen molar-refractivity contribution in [3.63, 3.8) is 0 Å². The van der Waals surface area contributed by atoms with E-state index in [0.717, 1.165) is 25.3 Å². The molecule has 6 heteroatoms. The second-order valence-electron chi connectivity index (χ2n) is 6.79. The van der Waals surface area contributed by atoms with Crippen molar-refractivity contribution >= 4 is 11.9 Å². The highest BCUT2D eigenvalue weighted by molar-refractivity contribution is 5.92. The molecule has 0 radical (unpaired) electrons. The zero-order chi connectivity index (χ0) is 21.6. The molecule has 0 aliphatic carbocycles. The van der Waals surface area contributed by atoms with E-state index in [4.69, 9.17) is 4.74 Å². The van der Waals surface area contributed by atoms with Gasteiger partial charge in [-0.05, 0) is 55.7 Å². The molecule has 0 unspecified atom stereocenters. The van der Waals surface area contributed by atoms with E-state index in [0.29, 0.717) is 12.4 Å². The molecular formula is C24H27FO5. The topological polar surface area (TPSA) is 61.8 Å².